The highest BCUT2D eigenvalue weighted by Gasteiger charge is 2.66. The van der Waals surface area contributed by atoms with Crippen molar-refractivity contribution >= 4 is 5.78 Å². The van der Waals surface area contributed by atoms with E-state index in [4.69, 9.17) is 0 Å². The molecule has 3 saturated carbocycles. The topological polar surface area (TPSA) is 57.5 Å². The van der Waals surface area contributed by atoms with Gasteiger partial charge in [-0.1, -0.05) is 33.3 Å². The SMILES string of the molecule is C=CC1(C)CCC2C(O)(C1)C(O)CC1C(C)(C)CCCC12CC(C)=O. The molecule has 3 heteroatoms. The number of hydrogen-bond acceptors (Lipinski definition) is 3. The van der Waals surface area contributed by atoms with Gasteiger partial charge in [-0.3, -0.25) is 0 Å². The Balaban J connectivity index is 2.09. The molecule has 3 nitrogen and oxygen atoms in total. The molecule has 0 heterocycles. The van der Waals surface area contributed by atoms with Gasteiger partial charge in [-0.25, -0.2) is 0 Å². The van der Waals surface area contributed by atoms with Gasteiger partial charge in [0.2, 0.25) is 0 Å². The number of rotatable bonds is 3. The average molecular weight is 349 g/mol. The third-order valence-corrected chi connectivity index (χ3v) is 8.20. The van der Waals surface area contributed by atoms with Gasteiger partial charge in [-0.2, -0.15) is 0 Å². The molecular formula is C22H36O3. The maximum Gasteiger partial charge on any atom is 0.130 e. The zero-order valence-corrected chi connectivity index (χ0v) is 16.5. The van der Waals surface area contributed by atoms with Gasteiger partial charge in [0.25, 0.3) is 0 Å². The van der Waals surface area contributed by atoms with Gasteiger partial charge in [-0.05, 0) is 73.5 Å². The van der Waals surface area contributed by atoms with E-state index in [9.17, 15) is 15.0 Å². The molecule has 0 amide bonds. The normalized spacial score (nSPS) is 49.0. The molecular weight excluding hydrogens is 312 g/mol. The van der Waals surface area contributed by atoms with Gasteiger partial charge in [-0.15, -0.1) is 6.58 Å². The Labute approximate surface area is 152 Å². The highest BCUT2D eigenvalue weighted by Crippen LogP contribution is 2.67. The van der Waals surface area contributed by atoms with Crippen LogP contribution in [0.1, 0.15) is 79.1 Å². The molecule has 142 valence electrons. The Morgan fingerprint density at radius 3 is 2.48 bits per heavy atom. The number of fused-ring (bicyclic) bond motifs is 3. The average Bonchev–Trinajstić information content (AvgIpc) is 2.48. The van der Waals surface area contributed by atoms with Crippen molar-refractivity contribution in [1.82, 2.24) is 0 Å². The molecule has 0 aromatic carbocycles. The first-order chi connectivity index (χ1) is 11.5. The van der Waals surface area contributed by atoms with Crippen LogP contribution in [0.2, 0.25) is 0 Å². The Hall–Kier alpha value is -0.670. The van der Waals surface area contributed by atoms with Gasteiger partial charge in [0.05, 0.1) is 11.7 Å². The quantitative estimate of drug-likeness (QED) is 0.749. The fraction of sp³-hybridized carbons (Fsp3) is 0.864. The van der Waals surface area contributed by atoms with Crippen LogP contribution in [-0.2, 0) is 4.79 Å². The molecule has 6 atom stereocenters. The first-order valence-electron chi connectivity index (χ1n) is 10.0. The lowest BCUT2D eigenvalue weighted by Gasteiger charge is -2.66. The molecule has 0 saturated heterocycles. The molecule has 0 aromatic rings. The molecule has 0 spiro atoms. The molecule has 0 aliphatic heterocycles. The number of ketones is 1. The van der Waals surface area contributed by atoms with Crippen LogP contribution >= 0.6 is 0 Å². The second kappa shape index (κ2) is 5.92. The summed E-state index contributed by atoms with van der Waals surface area (Å²) in [6, 6.07) is 0. The largest absolute Gasteiger partial charge is 0.390 e. The highest BCUT2D eigenvalue weighted by molar-refractivity contribution is 5.76. The minimum Gasteiger partial charge on any atom is -0.390 e. The fourth-order valence-corrected chi connectivity index (χ4v) is 7.09. The van der Waals surface area contributed by atoms with Crippen molar-refractivity contribution in [3.05, 3.63) is 12.7 Å². The zero-order chi connectivity index (χ0) is 18.7. The summed E-state index contributed by atoms with van der Waals surface area (Å²) in [6.45, 7) is 12.4. The number of Topliss-reactive ketones (excluding diaryl/α,β-unsaturated/α-hetero) is 1. The highest BCUT2D eigenvalue weighted by atomic mass is 16.3. The Bertz CT molecular complexity index is 568. The molecule has 0 aromatic heterocycles. The van der Waals surface area contributed by atoms with Crippen LogP contribution < -0.4 is 0 Å². The maximum atomic E-state index is 12.3. The maximum absolute atomic E-state index is 12.3. The summed E-state index contributed by atoms with van der Waals surface area (Å²) in [5, 5.41) is 22.7. The predicted molar refractivity (Wildman–Crippen MR) is 100 cm³/mol. The molecule has 3 aliphatic rings. The van der Waals surface area contributed by atoms with Crippen molar-refractivity contribution in [2.45, 2.75) is 90.8 Å². The Kier molecular flexibility index (Phi) is 4.52. The second-order valence-corrected chi connectivity index (χ2v) is 10.4. The first kappa shape index (κ1) is 19.1. The van der Waals surface area contributed by atoms with Crippen molar-refractivity contribution in [2.75, 3.05) is 0 Å². The summed E-state index contributed by atoms with van der Waals surface area (Å²) in [5.41, 5.74) is -1.29. The monoisotopic (exact) mass is 348 g/mol. The lowest BCUT2D eigenvalue weighted by molar-refractivity contribution is -0.255. The summed E-state index contributed by atoms with van der Waals surface area (Å²) in [5.74, 6) is 0.523. The minimum atomic E-state index is -1.10. The lowest BCUT2D eigenvalue weighted by Crippen LogP contribution is -2.68. The molecule has 0 radical (unpaired) electrons. The van der Waals surface area contributed by atoms with Crippen molar-refractivity contribution in [3.8, 4) is 0 Å². The smallest absolute Gasteiger partial charge is 0.130 e. The molecule has 3 aliphatic carbocycles. The Morgan fingerprint density at radius 2 is 1.88 bits per heavy atom. The van der Waals surface area contributed by atoms with E-state index in [0.29, 0.717) is 25.2 Å². The van der Waals surface area contributed by atoms with E-state index in [1.54, 1.807) is 6.92 Å². The summed E-state index contributed by atoms with van der Waals surface area (Å²) in [7, 11) is 0. The van der Waals surface area contributed by atoms with Gasteiger partial charge < -0.3 is 15.0 Å². The van der Waals surface area contributed by atoms with E-state index in [-0.39, 0.29) is 27.9 Å². The van der Waals surface area contributed by atoms with Crippen molar-refractivity contribution in [1.29, 1.82) is 0 Å². The van der Waals surface area contributed by atoms with Gasteiger partial charge in [0.1, 0.15) is 5.78 Å². The van der Waals surface area contributed by atoms with Gasteiger partial charge in [0, 0.05) is 6.42 Å². The molecule has 6 unspecified atom stereocenters. The third kappa shape index (κ3) is 2.82. The van der Waals surface area contributed by atoms with Crippen LogP contribution in [0.3, 0.4) is 0 Å². The molecule has 0 bridgehead atoms. The van der Waals surface area contributed by atoms with Gasteiger partial charge >= 0.3 is 0 Å². The summed E-state index contributed by atoms with van der Waals surface area (Å²) < 4.78 is 0. The van der Waals surface area contributed by atoms with Crippen LogP contribution in [0.15, 0.2) is 12.7 Å². The third-order valence-electron chi connectivity index (χ3n) is 8.20. The molecule has 25 heavy (non-hydrogen) atoms. The van der Waals surface area contributed by atoms with Crippen molar-refractivity contribution < 1.29 is 15.0 Å². The number of hydrogen-bond donors (Lipinski definition) is 2. The van der Waals surface area contributed by atoms with E-state index in [1.165, 1.54) is 0 Å². The number of carbonyl (C=O) groups is 1. The van der Waals surface area contributed by atoms with Crippen molar-refractivity contribution in [2.24, 2.45) is 28.1 Å². The molecule has 3 rings (SSSR count). The zero-order valence-electron chi connectivity index (χ0n) is 16.5. The summed E-state index contributed by atoms with van der Waals surface area (Å²) >= 11 is 0. The van der Waals surface area contributed by atoms with Crippen LogP contribution in [0.5, 0.6) is 0 Å². The summed E-state index contributed by atoms with van der Waals surface area (Å²) in [4.78, 5) is 12.3. The molecule has 2 N–H and O–H groups in total. The standard InChI is InChI=1S/C22H36O3/c1-6-20(5)11-8-16-21(13-15(2)23)10-7-9-19(3,4)17(21)12-18(24)22(16,25)14-20/h6,16-18,24-25H,1,7-14H2,2-5H3. The Morgan fingerprint density at radius 1 is 1.20 bits per heavy atom. The van der Waals surface area contributed by atoms with Crippen molar-refractivity contribution in [3.63, 3.8) is 0 Å². The van der Waals surface area contributed by atoms with Crippen LogP contribution in [-0.4, -0.2) is 27.7 Å². The first-order valence-corrected chi connectivity index (χ1v) is 10.0. The van der Waals surface area contributed by atoms with Crippen LogP contribution in [0.4, 0.5) is 0 Å². The number of carbonyl (C=O) groups excluding carboxylic acids is 1. The van der Waals surface area contributed by atoms with Crippen LogP contribution in [0.25, 0.3) is 0 Å². The van der Waals surface area contributed by atoms with Gasteiger partial charge in [0.15, 0.2) is 0 Å². The number of allylic oxidation sites excluding steroid dienone is 1. The molecule has 3 fully saturated rings. The minimum absolute atomic E-state index is 0.00486. The van der Waals surface area contributed by atoms with E-state index in [1.807, 2.05) is 6.08 Å². The summed E-state index contributed by atoms with van der Waals surface area (Å²) in [6.07, 6.45) is 8.05. The van der Waals surface area contributed by atoms with E-state index < -0.39 is 11.7 Å². The van der Waals surface area contributed by atoms with E-state index >= 15 is 0 Å². The van der Waals surface area contributed by atoms with E-state index in [0.717, 1.165) is 32.1 Å². The fourth-order valence-electron chi connectivity index (χ4n) is 7.09. The second-order valence-electron chi connectivity index (χ2n) is 10.4. The lowest BCUT2D eigenvalue weighted by atomic mass is 9.40. The number of aliphatic hydroxyl groups is 2. The van der Waals surface area contributed by atoms with Crippen LogP contribution in [0, 0.1) is 28.1 Å². The number of aliphatic hydroxyl groups excluding tert-OH is 1. The van der Waals surface area contributed by atoms with E-state index in [2.05, 4.69) is 27.4 Å². The predicted octanol–water partition coefficient (Wildman–Crippen LogP) is 4.27.